The molecule has 0 saturated carbocycles. The zero-order valence-corrected chi connectivity index (χ0v) is 14.2. The summed E-state index contributed by atoms with van der Waals surface area (Å²) in [5, 5.41) is 0. The standard InChI is InChI=1S/C9H13.C6H7.2ClH.Ti/c1-2-3-6-9-7-4-5-8-9;1-6-4-2-3-5-6;;;/h4,7H,2-3,5-6H2,1H3;2,4H,3H2,1H3;2*1H;/q;;;;+2/p-2. The van der Waals surface area contributed by atoms with Crippen LogP contribution in [0.5, 0.6) is 0 Å². The normalized spacial score (nSPS) is 16.8. The topological polar surface area (TPSA) is 0 Å². The summed E-state index contributed by atoms with van der Waals surface area (Å²) < 4.78 is 3.55. The van der Waals surface area contributed by atoms with Gasteiger partial charge in [0, 0.05) is 0 Å². The van der Waals surface area contributed by atoms with Crippen LogP contribution in [0.4, 0.5) is 0 Å². The van der Waals surface area contributed by atoms with E-state index in [1.165, 1.54) is 32.1 Å². The van der Waals surface area contributed by atoms with E-state index in [0.29, 0.717) is 0 Å². The molecule has 0 saturated heterocycles. The molecule has 0 atom stereocenters. The van der Waals surface area contributed by atoms with Crippen molar-refractivity contribution >= 4 is 0 Å². The minimum absolute atomic E-state index is 0. The number of rotatable bonds is 5. The van der Waals surface area contributed by atoms with Crippen molar-refractivity contribution in [3.8, 4) is 0 Å². The van der Waals surface area contributed by atoms with Crippen molar-refractivity contribution in [1.29, 1.82) is 0 Å². The molecule has 0 amide bonds. The fourth-order valence-corrected chi connectivity index (χ4v) is 4.50. The largest absolute Gasteiger partial charge is 1.00 e. The summed E-state index contributed by atoms with van der Waals surface area (Å²) in [4.78, 5) is 0. The number of hydrogen-bond acceptors (Lipinski definition) is 0. The summed E-state index contributed by atoms with van der Waals surface area (Å²) >= 11 is 0.00936. The Kier molecular flexibility index (Phi) is 9.33. The monoisotopic (exact) mass is 318 g/mol. The van der Waals surface area contributed by atoms with Crippen molar-refractivity contribution in [1.82, 2.24) is 0 Å². The van der Waals surface area contributed by atoms with Gasteiger partial charge in [-0.2, -0.15) is 0 Å². The van der Waals surface area contributed by atoms with Crippen LogP contribution in [0.15, 0.2) is 43.2 Å². The molecule has 2 rings (SSSR count). The Morgan fingerprint density at radius 2 is 1.72 bits per heavy atom. The summed E-state index contributed by atoms with van der Waals surface area (Å²) in [5.74, 6) is 0. The van der Waals surface area contributed by atoms with Gasteiger partial charge in [-0.15, -0.1) is 0 Å². The average Bonchev–Trinajstić information content (AvgIpc) is 2.87. The predicted molar refractivity (Wildman–Crippen MR) is 66.8 cm³/mol. The Morgan fingerprint density at radius 1 is 1.06 bits per heavy atom. The zero-order chi connectivity index (χ0) is 11.4. The van der Waals surface area contributed by atoms with Crippen LogP contribution in [0.3, 0.4) is 0 Å². The van der Waals surface area contributed by atoms with Crippen molar-refractivity contribution in [2.24, 2.45) is 0 Å². The van der Waals surface area contributed by atoms with E-state index >= 15 is 0 Å². The molecule has 0 nitrogen and oxygen atoms in total. The Hall–Kier alpha value is 0.254. The molecule has 98 valence electrons. The third kappa shape index (κ3) is 4.74. The van der Waals surface area contributed by atoms with Crippen LogP contribution in [0.25, 0.3) is 0 Å². The van der Waals surface area contributed by atoms with Gasteiger partial charge in [0.1, 0.15) is 0 Å². The molecule has 2 aliphatic rings. The van der Waals surface area contributed by atoms with E-state index in [1.54, 1.807) is 18.9 Å². The summed E-state index contributed by atoms with van der Waals surface area (Å²) in [6, 6.07) is 0. The van der Waals surface area contributed by atoms with Gasteiger partial charge in [0.05, 0.1) is 0 Å². The first-order chi connectivity index (χ1) is 7.81. The Balaban J connectivity index is 0.00000144. The fraction of sp³-hybridized carbons (Fsp3) is 0.467. The zero-order valence-electron chi connectivity index (χ0n) is 11.1. The van der Waals surface area contributed by atoms with E-state index in [2.05, 4.69) is 38.2 Å². The molecule has 0 aromatic carbocycles. The molecule has 0 heterocycles. The molecule has 3 heteroatoms. The molecule has 0 spiro atoms. The SMILES string of the molecule is CCCCC1=[C]([Ti+2][C]2=C(C)C=CC2)CC=C1.[Cl-].[Cl-]. The van der Waals surface area contributed by atoms with E-state index in [9.17, 15) is 0 Å². The molecule has 0 bridgehead atoms. The third-order valence-electron chi connectivity index (χ3n) is 3.30. The van der Waals surface area contributed by atoms with E-state index in [0.717, 1.165) is 0 Å². The molecule has 0 fully saturated rings. The summed E-state index contributed by atoms with van der Waals surface area (Å²) in [7, 11) is 0. The Labute approximate surface area is 132 Å². The molecule has 18 heavy (non-hydrogen) atoms. The van der Waals surface area contributed by atoms with Crippen molar-refractivity contribution in [2.75, 3.05) is 0 Å². The first kappa shape index (κ1) is 18.3. The Morgan fingerprint density at radius 3 is 2.33 bits per heavy atom. The minimum Gasteiger partial charge on any atom is -1.00 e. The van der Waals surface area contributed by atoms with Gasteiger partial charge in [-0.25, -0.2) is 0 Å². The second-order valence-electron chi connectivity index (χ2n) is 4.61. The number of hydrogen-bond donors (Lipinski definition) is 0. The van der Waals surface area contributed by atoms with Gasteiger partial charge in [0.15, 0.2) is 0 Å². The summed E-state index contributed by atoms with van der Waals surface area (Å²) in [6.07, 6.45) is 15.8. The van der Waals surface area contributed by atoms with Crippen LogP contribution in [0.2, 0.25) is 0 Å². The van der Waals surface area contributed by atoms with Crippen LogP contribution in [0.1, 0.15) is 46.0 Å². The van der Waals surface area contributed by atoms with Crippen LogP contribution in [-0.4, -0.2) is 0 Å². The van der Waals surface area contributed by atoms with Crippen LogP contribution < -0.4 is 24.8 Å². The molecule has 0 aliphatic heterocycles. The van der Waals surface area contributed by atoms with Crippen molar-refractivity contribution in [3.63, 3.8) is 0 Å². The van der Waals surface area contributed by atoms with E-state index in [1.807, 2.05) is 0 Å². The number of allylic oxidation sites excluding steroid dienone is 8. The quantitative estimate of drug-likeness (QED) is 0.554. The van der Waals surface area contributed by atoms with Crippen molar-refractivity contribution in [2.45, 2.75) is 46.0 Å². The second kappa shape index (κ2) is 9.20. The molecular weight excluding hydrogens is 299 g/mol. The Bertz CT molecular complexity index is 389. The number of halogens is 2. The van der Waals surface area contributed by atoms with Gasteiger partial charge in [-0.05, 0) is 0 Å². The van der Waals surface area contributed by atoms with Gasteiger partial charge in [0.25, 0.3) is 0 Å². The number of unbranched alkanes of at least 4 members (excludes halogenated alkanes) is 1. The van der Waals surface area contributed by atoms with E-state index < -0.39 is 0 Å². The molecule has 0 aromatic rings. The smallest absolute Gasteiger partial charge is 1.00 e. The third-order valence-corrected chi connectivity index (χ3v) is 5.99. The van der Waals surface area contributed by atoms with Gasteiger partial charge in [-0.3, -0.25) is 0 Å². The van der Waals surface area contributed by atoms with Gasteiger partial charge >= 0.3 is 108 Å². The van der Waals surface area contributed by atoms with Crippen LogP contribution in [0, 0.1) is 0 Å². The minimum atomic E-state index is 0. The summed E-state index contributed by atoms with van der Waals surface area (Å²) in [5.41, 5.74) is 3.23. The van der Waals surface area contributed by atoms with Crippen LogP contribution >= 0.6 is 0 Å². The van der Waals surface area contributed by atoms with Crippen LogP contribution in [-0.2, 0) is 19.2 Å². The molecule has 0 aromatic heterocycles. The first-order valence-electron chi connectivity index (χ1n) is 6.33. The molecular formula is C15H20Cl2Ti. The van der Waals surface area contributed by atoms with Gasteiger partial charge in [0.2, 0.25) is 0 Å². The molecule has 0 radical (unpaired) electrons. The maximum Gasteiger partial charge on any atom is -1.00 e. The molecule has 0 N–H and O–H groups in total. The van der Waals surface area contributed by atoms with Crippen molar-refractivity contribution < 1.29 is 44.0 Å². The molecule has 0 unspecified atom stereocenters. The maximum atomic E-state index is 2.38. The van der Waals surface area contributed by atoms with Crippen molar-refractivity contribution in [3.05, 3.63) is 43.2 Å². The average molecular weight is 319 g/mol. The predicted octanol–water partition coefficient (Wildman–Crippen LogP) is -1.28. The second-order valence-corrected chi connectivity index (χ2v) is 6.88. The van der Waals surface area contributed by atoms with Gasteiger partial charge in [-0.1, -0.05) is 0 Å². The van der Waals surface area contributed by atoms with Gasteiger partial charge < -0.3 is 24.8 Å². The maximum absolute atomic E-state index is 2.38. The molecule has 2 aliphatic carbocycles. The first-order valence-corrected chi connectivity index (χ1v) is 7.89. The van der Waals surface area contributed by atoms with E-state index in [-0.39, 0.29) is 44.0 Å². The fourth-order valence-electron chi connectivity index (χ4n) is 2.23. The summed E-state index contributed by atoms with van der Waals surface area (Å²) in [6.45, 7) is 4.56. The van der Waals surface area contributed by atoms with E-state index in [4.69, 9.17) is 0 Å².